The predicted octanol–water partition coefficient (Wildman–Crippen LogP) is 6.26. The molecule has 0 aliphatic rings. The normalized spacial score (nSPS) is 11.2. The molecule has 0 saturated heterocycles. The maximum Gasteiger partial charge on any atom is 0.205 e. The van der Waals surface area contributed by atoms with Gasteiger partial charge in [-0.15, -0.1) is 11.3 Å². The summed E-state index contributed by atoms with van der Waals surface area (Å²) in [5.74, 6) is 0.665. The molecule has 0 saturated carbocycles. The van der Waals surface area contributed by atoms with E-state index in [1.54, 1.807) is 24.3 Å². The topological polar surface area (TPSA) is 78.4 Å². The molecule has 0 unspecified atom stereocenters. The molecule has 0 spiro atoms. The fourth-order valence-corrected chi connectivity index (χ4v) is 4.32. The van der Waals surface area contributed by atoms with E-state index in [1.807, 2.05) is 25.3 Å². The molecule has 154 valence electrons. The van der Waals surface area contributed by atoms with Crippen molar-refractivity contribution in [2.45, 2.75) is 26.9 Å². The van der Waals surface area contributed by atoms with Crippen molar-refractivity contribution in [3.8, 4) is 16.3 Å². The zero-order valence-electron chi connectivity index (χ0n) is 16.3. The zero-order chi connectivity index (χ0) is 21.4. The van der Waals surface area contributed by atoms with Gasteiger partial charge in [-0.2, -0.15) is 0 Å². The van der Waals surface area contributed by atoms with Crippen LogP contribution in [0.15, 0.2) is 44.9 Å². The Hall–Kier alpha value is -2.54. The molecule has 2 N–H and O–H groups in total. The summed E-state index contributed by atoms with van der Waals surface area (Å²) >= 11 is 13.4. The fraction of sp³-hybridized carbons (Fsp3) is 0.182. The van der Waals surface area contributed by atoms with E-state index in [4.69, 9.17) is 38.1 Å². The second-order valence-corrected chi connectivity index (χ2v) is 8.48. The number of rotatable bonds is 5. The van der Waals surface area contributed by atoms with Crippen LogP contribution in [0.1, 0.15) is 23.7 Å². The van der Waals surface area contributed by atoms with E-state index in [-0.39, 0.29) is 11.3 Å². The first-order valence-electron chi connectivity index (χ1n) is 9.25. The third-order valence-electron chi connectivity index (χ3n) is 4.69. The second-order valence-electron chi connectivity index (χ2n) is 6.81. The average molecular weight is 461 g/mol. The van der Waals surface area contributed by atoms with Crippen molar-refractivity contribution in [1.82, 2.24) is 4.98 Å². The predicted molar refractivity (Wildman–Crippen MR) is 123 cm³/mol. The molecule has 5 nitrogen and oxygen atoms in total. The van der Waals surface area contributed by atoms with Crippen molar-refractivity contribution in [2.24, 2.45) is 0 Å². The molecule has 4 aromatic rings. The number of nitrogens with zero attached hydrogens (tertiary/aromatic N) is 1. The van der Waals surface area contributed by atoms with Crippen LogP contribution in [0.25, 0.3) is 21.5 Å². The summed E-state index contributed by atoms with van der Waals surface area (Å²) in [5, 5.41) is 3.83. The Kier molecular flexibility index (Phi) is 5.73. The number of ether oxygens (including phenoxy) is 1. The first kappa shape index (κ1) is 20.7. The van der Waals surface area contributed by atoms with Crippen molar-refractivity contribution >= 4 is 51.4 Å². The first-order valence-corrected chi connectivity index (χ1v) is 10.9. The largest absolute Gasteiger partial charge is 0.488 e. The van der Waals surface area contributed by atoms with Gasteiger partial charge in [0.15, 0.2) is 0 Å². The molecule has 0 aliphatic carbocycles. The third kappa shape index (κ3) is 3.90. The number of anilines is 1. The molecule has 2 aromatic carbocycles. The SMILES string of the molecule is CCc1cc2c(=O)c(-c3nc(C)cs3)c(N)oc2cc1OCc1ccc(Cl)c(Cl)c1. The monoisotopic (exact) mass is 460 g/mol. The van der Waals surface area contributed by atoms with Crippen molar-refractivity contribution < 1.29 is 9.15 Å². The summed E-state index contributed by atoms with van der Waals surface area (Å²) < 4.78 is 11.8. The van der Waals surface area contributed by atoms with Gasteiger partial charge in [-0.1, -0.05) is 36.2 Å². The number of nitrogen functional groups attached to an aromatic ring is 1. The number of thiazole rings is 1. The third-order valence-corrected chi connectivity index (χ3v) is 6.41. The molecule has 2 heterocycles. The Morgan fingerprint density at radius 3 is 2.67 bits per heavy atom. The highest BCUT2D eigenvalue weighted by atomic mass is 35.5. The lowest BCUT2D eigenvalue weighted by Gasteiger charge is -2.13. The molecular weight excluding hydrogens is 443 g/mol. The summed E-state index contributed by atoms with van der Waals surface area (Å²) in [7, 11) is 0. The number of nitrogens with two attached hydrogens (primary N) is 1. The average Bonchev–Trinajstić information content (AvgIpc) is 3.14. The van der Waals surface area contributed by atoms with Crippen LogP contribution in [-0.4, -0.2) is 4.98 Å². The molecule has 4 rings (SSSR count). The molecule has 30 heavy (non-hydrogen) atoms. The number of hydrogen-bond donors (Lipinski definition) is 1. The Balaban J connectivity index is 1.75. The molecule has 0 bridgehead atoms. The van der Waals surface area contributed by atoms with Gasteiger partial charge in [0.25, 0.3) is 0 Å². The highest BCUT2D eigenvalue weighted by Crippen LogP contribution is 2.32. The molecule has 0 aliphatic heterocycles. The standard InChI is InChI=1S/C22H18Cl2N2O3S/c1-3-13-7-14-18(8-17(13)28-9-12-4-5-15(23)16(24)6-12)29-21(25)19(20(14)27)22-26-11(2)10-30-22/h4-8,10H,3,9,25H2,1-2H3. The van der Waals surface area contributed by atoms with E-state index in [0.717, 1.165) is 16.8 Å². The van der Waals surface area contributed by atoms with E-state index in [0.29, 0.717) is 50.4 Å². The van der Waals surface area contributed by atoms with Gasteiger partial charge in [-0.25, -0.2) is 4.98 Å². The molecule has 0 fully saturated rings. The lowest BCUT2D eigenvalue weighted by atomic mass is 10.1. The van der Waals surface area contributed by atoms with Crippen molar-refractivity contribution in [2.75, 3.05) is 5.73 Å². The maximum atomic E-state index is 13.1. The van der Waals surface area contributed by atoms with Crippen LogP contribution in [0, 0.1) is 6.92 Å². The van der Waals surface area contributed by atoms with Crippen LogP contribution in [-0.2, 0) is 13.0 Å². The van der Waals surface area contributed by atoms with Crippen LogP contribution in [0.3, 0.4) is 0 Å². The number of aromatic nitrogens is 1. The summed E-state index contributed by atoms with van der Waals surface area (Å²) in [5.41, 5.74) is 9.14. The summed E-state index contributed by atoms with van der Waals surface area (Å²) in [6.07, 6.45) is 0.683. The fourth-order valence-electron chi connectivity index (χ4n) is 3.16. The smallest absolute Gasteiger partial charge is 0.205 e. The first-order chi connectivity index (χ1) is 14.4. The van der Waals surface area contributed by atoms with E-state index in [1.165, 1.54) is 11.3 Å². The van der Waals surface area contributed by atoms with Gasteiger partial charge in [0, 0.05) is 17.1 Å². The molecule has 0 radical (unpaired) electrons. The van der Waals surface area contributed by atoms with E-state index < -0.39 is 0 Å². The Morgan fingerprint density at radius 2 is 2.00 bits per heavy atom. The summed E-state index contributed by atoms with van der Waals surface area (Å²) in [6.45, 7) is 4.16. The van der Waals surface area contributed by atoms with Gasteiger partial charge in [0.1, 0.15) is 28.5 Å². The van der Waals surface area contributed by atoms with Gasteiger partial charge >= 0.3 is 0 Å². The molecule has 2 aromatic heterocycles. The Labute approximate surface area is 187 Å². The van der Waals surface area contributed by atoms with Gasteiger partial charge < -0.3 is 14.9 Å². The van der Waals surface area contributed by atoms with E-state index in [2.05, 4.69) is 4.98 Å². The molecule has 0 atom stereocenters. The number of halogens is 2. The van der Waals surface area contributed by atoms with Crippen LogP contribution in [0.4, 0.5) is 5.88 Å². The van der Waals surface area contributed by atoms with Gasteiger partial charge in [0.2, 0.25) is 11.3 Å². The number of hydrogen-bond acceptors (Lipinski definition) is 6. The highest BCUT2D eigenvalue weighted by Gasteiger charge is 2.19. The Bertz CT molecular complexity index is 1310. The Morgan fingerprint density at radius 1 is 1.20 bits per heavy atom. The van der Waals surface area contributed by atoms with Crippen molar-refractivity contribution in [3.63, 3.8) is 0 Å². The number of fused-ring (bicyclic) bond motifs is 1. The van der Waals surface area contributed by atoms with Gasteiger partial charge in [-0.05, 0) is 42.7 Å². The zero-order valence-corrected chi connectivity index (χ0v) is 18.6. The highest BCUT2D eigenvalue weighted by molar-refractivity contribution is 7.13. The molecule has 0 amide bonds. The lowest BCUT2D eigenvalue weighted by Crippen LogP contribution is -2.10. The van der Waals surface area contributed by atoms with Crippen molar-refractivity contribution in [3.05, 3.63) is 72.8 Å². The summed E-state index contributed by atoms with van der Waals surface area (Å²) in [6, 6.07) is 8.85. The number of benzene rings is 2. The van der Waals surface area contributed by atoms with Crippen LogP contribution < -0.4 is 15.9 Å². The van der Waals surface area contributed by atoms with Crippen LogP contribution in [0.5, 0.6) is 5.75 Å². The molecule has 8 heteroatoms. The minimum absolute atomic E-state index is 0.0431. The van der Waals surface area contributed by atoms with Crippen LogP contribution in [0.2, 0.25) is 10.0 Å². The van der Waals surface area contributed by atoms with Gasteiger partial charge in [0.05, 0.1) is 15.4 Å². The summed E-state index contributed by atoms with van der Waals surface area (Å²) in [4.78, 5) is 17.5. The minimum Gasteiger partial charge on any atom is -0.488 e. The van der Waals surface area contributed by atoms with E-state index >= 15 is 0 Å². The van der Waals surface area contributed by atoms with Gasteiger partial charge in [-0.3, -0.25) is 4.79 Å². The van der Waals surface area contributed by atoms with E-state index in [9.17, 15) is 4.79 Å². The van der Waals surface area contributed by atoms with Crippen LogP contribution >= 0.6 is 34.5 Å². The lowest BCUT2D eigenvalue weighted by molar-refractivity contribution is 0.303. The number of aryl methyl sites for hydroxylation is 2. The molecular formula is C22H18Cl2N2O3S. The minimum atomic E-state index is -0.200. The quantitative estimate of drug-likeness (QED) is 0.380. The maximum absolute atomic E-state index is 13.1. The van der Waals surface area contributed by atoms with Crippen molar-refractivity contribution in [1.29, 1.82) is 0 Å². The second kappa shape index (κ2) is 8.30.